The first kappa shape index (κ1) is 14.0. The molecule has 0 aliphatic rings. The van der Waals surface area contributed by atoms with Gasteiger partial charge in [-0.1, -0.05) is 23.5 Å². The van der Waals surface area contributed by atoms with Crippen LogP contribution < -0.4 is 10.5 Å². The van der Waals surface area contributed by atoms with Gasteiger partial charge in [0, 0.05) is 6.54 Å². The van der Waals surface area contributed by atoms with E-state index in [1.807, 2.05) is 6.92 Å². The summed E-state index contributed by atoms with van der Waals surface area (Å²) in [6.45, 7) is 6.32. The smallest absolute Gasteiger partial charge is 0.269 e. The van der Waals surface area contributed by atoms with Crippen LogP contribution in [-0.2, 0) is 14.8 Å². The molecule has 1 aromatic rings. The van der Waals surface area contributed by atoms with Crippen LogP contribution in [0.2, 0.25) is 0 Å². The minimum Gasteiger partial charge on any atom is -0.376 e. The Morgan fingerprint density at radius 1 is 1.59 bits per heavy atom. The highest BCUT2D eigenvalue weighted by atomic mass is 32.2. The minimum absolute atomic E-state index is 0.115. The number of nitrogens with one attached hydrogen (secondary N) is 1. The number of nitrogen functional groups attached to an aromatic ring is 1. The Hall–Kier alpha value is -1.03. The summed E-state index contributed by atoms with van der Waals surface area (Å²) in [7, 11) is -3.63. The number of rotatable bonds is 7. The average Bonchev–Trinajstić information content (AvgIpc) is 2.64. The summed E-state index contributed by atoms with van der Waals surface area (Å²) in [5.41, 5.74) is 6.18. The Morgan fingerprint density at radius 3 is 2.82 bits per heavy atom. The predicted molar refractivity (Wildman–Crippen MR) is 65.1 cm³/mol. The molecule has 0 bridgehead atoms. The van der Waals surface area contributed by atoms with E-state index in [4.69, 9.17) is 10.5 Å². The number of nitrogens with zero attached hydrogens (tertiary/aromatic N) is 2. The van der Waals surface area contributed by atoms with E-state index in [1.165, 1.54) is 0 Å². The predicted octanol–water partition coefficient (Wildman–Crippen LogP) is -0.00870. The van der Waals surface area contributed by atoms with E-state index >= 15 is 0 Å². The molecule has 0 aliphatic carbocycles. The molecule has 1 rings (SSSR count). The third-order valence-electron chi connectivity index (χ3n) is 1.54. The molecule has 0 spiro atoms. The van der Waals surface area contributed by atoms with Gasteiger partial charge in [0.25, 0.3) is 10.0 Å². The van der Waals surface area contributed by atoms with Gasteiger partial charge in [-0.05, 0) is 6.92 Å². The summed E-state index contributed by atoms with van der Waals surface area (Å²) in [5, 5.41) is 7.00. The molecule has 0 radical (unpaired) electrons. The largest absolute Gasteiger partial charge is 0.376 e. The van der Waals surface area contributed by atoms with Gasteiger partial charge in [0.15, 0.2) is 0 Å². The van der Waals surface area contributed by atoms with Crippen LogP contribution in [0, 0.1) is 0 Å². The Balaban J connectivity index is 2.38. The number of hydrogen-bond acceptors (Lipinski definition) is 7. The first-order valence-corrected chi connectivity index (χ1v) is 7.02. The van der Waals surface area contributed by atoms with Crippen molar-refractivity contribution in [2.24, 2.45) is 0 Å². The van der Waals surface area contributed by atoms with Crippen molar-refractivity contribution in [2.75, 3.05) is 25.5 Å². The van der Waals surface area contributed by atoms with Crippen LogP contribution in [0.3, 0.4) is 0 Å². The minimum atomic E-state index is -3.63. The van der Waals surface area contributed by atoms with Crippen molar-refractivity contribution in [3.63, 3.8) is 0 Å². The molecule has 0 unspecified atom stereocenters. The molecule has 0 saturated carbocycles. The van der Waals surface area contributed by atoms with Crippen LogP contribution in [0.4, 0.5) is 5.13 Å². The fourth-order valence-electron chi connectivity index (χ4n) is 0.885. The molecule has 0 fully saturated rings. The molecular formula is C8H14N4O3S2. The first-order valence-electron chi connectivity index (χ1n) is 4.72. The lowest BCUT2D eigenvalue weighted by atomic mass is 10.4. The van der Waals surface area contributed by atoms with E-state index in [-0.39, 0.29) is 22.6 Å². The summed E-state index contributed by atoms with van der Waals surface area (Å²) in [4.78, 5) is 0. The first-order chi connectivity index (χ1) is 7.92. The summed E-state index contributed by atoms with van der Waals surface area (Å²) in [5.74, 6) is 0. The molecule has 0 amide bonds. The van der Waals surface area contributed by atoms with Crippen LogP contribution in [0.25, 0.3) is 0 Å². The van der Waals surface area contributed by atoms with Crippen molar-refractivity contribution in [1.29, 1.82) is 0 Å². The highest BCUT2D eigenvalue weighted by Gasteiger charge is 2.18. The van der Waals surface area contributed by atoms with Crippen LogP contribution in [0.15, 0.2) is 16.5 Å². The normalized spacial score (nSPS) is 11.6. The molecular weight excluding hydrogens is 264 g/mol. The third kappa shape index (κ3) is 4.77. The molecule has 0 atom stereocenters. The molecule has 1 heterocycles. The van der Waals surface area contributed by atoms with Crippen molar-refractivity contribution in [1.82, 2.24) is 14.9 Å². The monoisotopic (exact) mass is 278 g/mol. The lowest BCUT2D eigenvalue weighted by molar-refractivity contribution is 0.162. The van der Waals surface area contributed by atoms with Crippen LogP contribution in [0.5, 0.6) is 0 Å². The second kappa shape index (κ2) is 6.05. The maximum absolute atomic E-state index is 11.6. The van der Waals surface area contributed by atoms with Crippen molar-refractivity contribution in [3.05, 3.63) is 12.2 Å². The number of aromatic nitrogens is 2. The summed E-state index contributed by atoms with van der Waals surface area (Å²) in [6, 6.07) is 0. The Kier molecular flexibility index (Phi) is 5.00. The van der Waals surface area contributed by atoms with E-state index in [9.17, 15) is 8.42 Å². The lowest BCUT2D eigenvalue weighted by Crippen LogP contribution is -2.27. The second-order valence-corrected chi connectivity index (χ2v) is 6.26. The van der Waals surface area contributed by atoms with Gasteiger partial charge in [0.1, 0.15) is 0 Å². The molecule has 0 aliphatic heterocycles. The van der Waals surface area contributed by atoms with Crippen LogP contribution in [0.1, 0.15) is 6.92 Å². The van der Waals surface area contributed by atoms with Crippen LogP contribution in [-0.4, -0.2) is 38.4 Å². The molecule has 0 aromatic carbocycles. The zero-order valence-electron chi connectivity index (χ0n) is 9.34. The Bertz CT molecular complexity index is 483. The molecule has 1 aromatic heterocycles. The van der Waals surface area contributed by atoms with E-state index < -0.39 is 10.0 Å². The number of ether oxygens (including phenoxy) is 1. The highest BCUT2D eigenvalue weighted by Crippen LogP contribution is 2.15. The maximum Gasteiger partial charge on any atom is 0.269 e. The van der Waals surface area contributed by atoms with Gasteiger partial charge in [0.2, 0.25) is 9.47 Å². The van der Waals surface area contributed by atoms with Crippen LogP contribution >= 0.6 is 11.3 Å². The fourth-order valence-corrected chi connectivity index (χ4v) is 2.72. The van der Waals surface area contributed by atoms with E-state index in [0.29, 0.717) is 6.61 Å². The van der Waals surface area contributed by atoms with E-state index in [0.717, 1.165) is 16.9 Å². The zero-order valence-corrected chi connectivity index (χ0v) is 11.0. The molecule has 7 nitrogen and oxygen atoms in total. The molecule has 17 heavy (non-hydrogen) atoms. The number of nitrogens with two attached hydrogens (primary N) is 1. The van der Waals surface area contributed by atoms with Crippen molar-refractivity contribution in [2.45, 2.75) is 11.3 Å². The van der Waals surface area contributed by atoms with Crippen molar-refractivity contribution in [3.8, 4) is 0 Å². The van der Waals surface area contributed by atoms with Gasteiger partial charge in [-0.3, -0.25) is 0 Å². The second-order valence-electron chi connectivity index (χ2n) is 3.31. The summed E-state index contributed by atoms with van der Waals surface area (Å²) in [6.07, 6.45) is 0. The highest BCUT2D eigenvalue weighted by molar-refractivity contribution is 7.91. The molecule has 9 heteroatoms. The number of sulfonamides is 1. The Labute approximate surface area is 104 Å². The Morgan fingerprint density at radius 2 is 2.29 bits per heavy atom. The summed E-state index contributed by atoms with van der Waals surface area (Å²) >= 11 is 0.814. The van der Waals surface area contributed by atoms with Crippen molar-refractivity contribution < 1.29 is 13.2 Å². The molecule has 96 valence electrons. The maximum atomic E-state index is 11.6. The molecule has 3 N–H and O–H groups in total. The number of hydrogen-bond donors (Lipinski definition) is 2. The molecule has 0 saturated heterocycles. The quantitative estimate of drug-likeness (QED) is 0.536. The van der Waals surface area contributed by atoms with E-state index in [2.05, 4.69) is 21.5 Å². The summed E-state index contributed by atoms with van der Waals surface area (Å²) < 4.78 is 30.6. The van der Waals surface area contributed by atoms with Gasteiger partial charge in [0.05, 0.1) is 13.2 Å². The van der Waals surface area contributed by atoms with Gasteiger partial charge < -0.3 is 10.5 Å². The van der Waals surface area contributed by atoms with Gasteiger partial charge >= 0.3 is 0 Å². The van der Waals surface area contributed by atoms with Gasteiger partial charge in [-0.15, -0.1) is 10.2 Å². The number of anilines is 1. The standard InChI is InChI=1S/C8H14N4O3S2/c1-6(2)5-15-4-3-10-17(13,14)8-12-11-7(9)16-8/h10H,1,3-5H2,2H3,(H2,9,11). The third-order valence-corrected chi connectivity index (χ3v) is 4.12. The SMILES string of the molecule is C=C(C)COCCNS(=O)(=O)c1nnc(N)s1. The fraction of sp³-hybridized carbons (Fsp3) is 0.500. The average molecular weight is 278 g/mol. The lowest BCUT2D eigenvalue weighted by Gasteiger charge is -2.04. The van der Waals surface area contributed by atoms with Gasteiger partial charge in [-0.25, -0.2) is 13.1 Å². The van der Waals surface area contributed by atoms with Gasteiger partial charge in [-0.2, -0.15) is 0 Å². The zero-order chi connectivity index (χ0) is 12.9. The van der Waals surface area contributed by atoms with E-state index in [1.54, 1.807) is 0 Å². The topological polar surface area (TPSA) is 107 Å². The van der Waals surface area contributed by atoms with Crippen molar-refractivity contribution >= 4 is 26.5 Å².